The van der Waals surface area contributed by atoms with Gasteiger partial charge in [0.1, 0.15) is 4.32 Å². The van der Waals surface area contributed by atoms with E-state index in [1.165, 1.54) is 24.4 Å². The highest BCUT2D eigenvalue weighted by molar-refractivity contribution is 9.10. The van der Waals surface area contributed by atoms with E-state index in [0.717, 1.165) is 5.56 Å². The SMILES string of the molecule is NC(=O)C(Br)(CC(O)C(F)(F)F)c1cn(Cc2ccccc2)c2cc([N+](=O)[O-])ccc12. The summed E-state index contributed by atoms with van der Waals surface area (Å²) in [5.74, 6) is -1.13. The summed E-state index contributed by atoms with van der Waals surface area (Å²) >= 11 is 3.04. The lowest BCUT2D eigenvalue weighted by atomic mass is 9.91. The first kappa shape index (κ1) is 22.8. The number of aromatic nitrogens is 1. The van der Waals surface area contributed by atoms with E-state index in [1.54, 1.807) is 16.7 Å². The van der Waals surface area contributed by atoms with Crippen molar-refractivity contribution in [1.29, 1.82) is 0 Å². The molecule has 7 nitrogen and oxygen atoms in total. The summed E-state index contributed by atoms with van der Waals surface area (Å²) in [6.45, 7) is 0.238. The molecule has 0 bridgehead atoms. The van der Waals surface area contributed by atoms with Gasteiger partial charge in [-0.05, 0) is 11.6 Å². The Labute approximate surface area is 182 Å². The molecular weight excluding hydrogens is 483 g/mol. The zero-order valence-electron chi connectivity index (χ0n) is 15.8. The topological polar surface area (TPSA) is 111 Å². The average molecular weight is 500 g/mol. The maximum absolute atomic E-state index is 13.0. The number of halogens is 4. The van der Waals surface area contributed by atoms with Crippen LogP contribution in [0.3, 0.4) is 0 Å². The molecule has 0 saturated carbocycles. The molecule has 11 heteroatoms. The van der Waals surface area contributed by atoms with Crippen LogP contribution in [0.15, 0.2) is 54.7 Å². The number of fused-ring (bicyclic) bond motifs is 1. The van der Waals surface area contributed by atoms with Crippen molar-refractivity contribution < 1.29 is 28.0 Å². The van der Waals surface area contributed by atoms with E-state index in [2.05, 4.69) is 15.9 Å². The molecule has 0 radical (unpaired) electrons. The number of rotatable bonds is 7. The first-order valence-corrected chi connectivity index (χ1v) is 9.78. The normalized spacial score (nSPS) is 14.9. The predicted molar refractivity (Wildman–Crippen MR) is 111 cm³/mol. The Morgan fingerprint density at radius 2 is 1.87 bits per heavy atom. The summed E-state index contributed by atoms with van der Waals surface area (Å²) < 4.78 is 38.5. The number of nitro benzene ring substituents is 1. The van der Waals surface area contributed by atoms with Crippen molar-refractivity contribution >= 4 is 38.4 Å². The van der Waals surface area contributed by atoms with Crippen LogP contribution in [-0.4, -0.2) is 32.8 Å². The molecule has 0 spiro atoms. The van der Waals surface area contributed by atoms with E-state index in [1.807, 2.05) is 18.2 Å². The Balaban J connectivity index is 2.20. The number of benzene rings is 2. The number of aliphatic hydroxyl groups is 1. The van der Waals surface area contributed by atoms with Gasteiger partial charge in [-0.3, -0.25) is 14.9 Å². The molecule has 2 unspecified atom stereocenters. The van der Waals surface area contributed by atoms with Gasteiger partial charge in [-0.15, -0.1) is 0 Å². The fourth-order valence-electron chi connectivity index (χ4n) is 3.35. The third kappa shape index (κ3) is 4.57. The number of hydrogen-bond donors (Lipinski definition) is 2. The van der Waals surface area contributed by atoms with Crippen LogP contribution in [0.2, 0.25) is 0 Å². The molecular formula is C20H17BrF3N3O4. The zero-order chi connectivity index (χ0) is 23.0. The molecule has 1 heterocycles. The molecule has 3 N–H and O–H groups in total. The fraction of sp³-hybridized carbons (Fsp3) is 0.250. The molecule has 3 rings (SSSR count). The maximum atomic E-state index is 13.0. The number of amides is 1. The molecule has 164 valence electrons. The molecule has 0 aliphatic heterocycles. The quantitative estimate of drug-likeness (QED) is 0.290. The second-order valence-corrected chi connectivity index (χ2v) is 8.40. The number of aliphatic hydroxyl groups excluding tert-OH is 1. The van der Waals surface area contributed by atoms with E-state index in [0.29, 0.717) is 10.9 Å². The Morgan fingerprint density at radius 1 is 1.23 bits per heavy atom. The lowest BCUT2D eigenvalue weighted by molar-refractivity contribution is -0.384. The monoisotopic (exact) mass is 499 g/mol. The third-order valence-electron chi connectivity index (χ3n) is 4.94. The molecule has 2 atom stereocenters. The molecule has 0 aliphatic carbocycles. The number of primary amides is 1. The number of nitrogens with zero attached hydrogens (tertiary/aromatic N) is 2. The molecule has 2 aromatic carbocycles. The van der Waals surface area contributed by atoms with Crippen molar-refractivity contribution in [2.45, 2.75) is 29.6 Å². The van der Waals surface area contributed by atoms with Gasteiger partial charge in [0.05, 0.1) is 10.4 Å². The maximum Gasteiger partial charge on any atom is 0.414 e. The van der Waals surface area contributed by atoms with Gasteiger partial charge in [0.15, 0.2) is 6.10 Å². The number of nitro groups is 1. The van der Waals surface area contributed by atoms with Crippen LogP contribution in [0, 0.1) is 10.1 Å². The van der Waals surface area contributed by atoms with Crippen LogP contribution in [0.25, 0.3) is 10.9 Å². The second-order valence-electron chi connectivity index (χ2n) is 7.04. The highest BCUT2D eigenvalue weighted by Crippen LogP contribution is 2.43. The minimum Gasteiger partial charge on any atom is -0.384 e. The molecule has 1 amide bonds. The lowest BCUT2D eigenvalue weighted by Crippen LogP contribution is -2.42. The van der Waals surface area contributed by atoms with Crippen LogP contribution < -0.4 is 5.73 Å². The van der Waals surface area contributed by atoms with Gasteiger partial charge < -0.3 is 15.4 Å². The fourth-order valence-corrected chi connectivity index (χ4v) is 3.97. The van der Waals surface area contributed by atoms with Gasteiger partial charge in [-0.2, -0.15) is 13.2 Å². The summed E-state index contributed by atoms with van der Waals surface area (Å²) in [6.07, 6.45) is -7.42. The van der Waals surface area contributed by atoms with Crippen molar-refractivity contribution in [3.63, 3.8) is 0 Å². The standard InChI is InChI=1S/C20H17BrF3N3O4/c21-19(18(25)29,9-17(28)20(22,23)24)15-11-26(10-12-4-2-1-3-5-12)16-8-13(27(30)31)6-7-14(15)16/h1-8,11,17,28H,9-10H2,(H2,25,29). The van der Waals surface area contributed by atoms with Crippen molar-refractivity contribution in [2.75, 3.05) is 0 Å². The third-order valence-corrected chi connectivity index (χ3v) is 6.08. The van der Waals surface area contributed by atoms with Crippen molar-refractivity contribution in [1.82, 2.24) is 4.57 Å². The number of carbonyl (C=O) groups is 1. The highest BCUT2D eigenvalue weighted by Gasteiger charge is 2.48. The van der Waals surface area contributed by atoms with Gasteiger partial charge in [-0.1, -0.05) is 46.3 Å². The van der Waals surface area contributed by atoms with E-state index in [-0.39, 0.29) is 17.8 Å². The van der Waals surface area contributed by atoms with Gasteiger partial charge >= 0.3 is 6.18 Å². The van der Waals surface area contributed by atoms with E-state index in [4.69, 9.17) is 5.73 Å². The first-order chi connectivity index (χ1) is 14.4. The molecule has 0 saturated heterocycles. The Bertz CT molecular complexity index is 1130. The molecule has 0 aliphatic rings. The van der Waals surface area contributed by atoms with Crippen LogP contribution in [-0.2, 0) is 15.7 Å². The molecule has 0 fully saturated rings. The van der Waals surface area contributed by atoms with E-state index in [9.17, 15) is 33.2 Å². The van der Waals surface area contributed by atoms with Crippen LogP contribution >= 0.6 is 15.9 Å². The molecule has 31 heavy (non-hydrogen) atoms. The zero-order valence-corrected chi connectivity index (χ0v) is 17.4. The minimum atomic E-state index is -4.96. The number of carbonyl (C=O) groups excluding carboxylic acids is 1. The minimum absolute atomic E-state index is 0.0733. The average Bonchev–Trinajstić information content (AvgIpc) is 3.06. The van der Waals surface area contributed by atoms with Gasteiger partial charge in [-0.25, -0.2) is 0 Å². The summed E-state index contributed by atoms with van der Waals surface area (Å²) in [5.41, 5.74) is 6.45. The number of non-ortho nitro benzene ring substituents is 1. The largest absolute Gasteiger partial charge is 0.414 e. The van der Waals surface area contributed by atoms with Crippen molar-refractivity contribution in [3.05, 3.63) is 76.0 Å². The smallest absolute Gasteiger partial charge is 0.384 e. The number of alkyl halides is 4. The van der Waals surface area contributed by atoms with Crippen LogP contribution in [0.5, 0.6) is 0 Å². The second kappa shape index (κ2) is 8.31. The highest BCUT2D eigenvalue weighted by atomic mass is 79.9. The summed E-state index contributed by atoms with van der Waals surface area (Å²) in [6, 6.07) is 12.8. The Morgan fingerprint density at radius 3 is 2.42 bits per heavy atom. The Kier molecular flexibility index (Phi) is 6.10. The molecule has 1 aromatic heterocycles. The van der Waals surface area contributed by atoms with Crippen molar-refractivity contribution in [2.24, 2.45) is 5.73 Å². The molecule has 3 aromatic rings. The Hall–Kier alpha value is -2.92. The lowest BCUT2D eigenvalue weighted by Gasteiger charge is -2.27. The number of hydrogen-bond acceptors (Lipinski definition) is 4. The summed E-state index contributed by atoms with van der Waals surface area (Å²) in [4.78, 5) is 22.9. The van der Waals surface area contributed by atoms with Crippen LogP contribution in [0.1, 0.15) is 17.5 Å². The summed E-state index contributed by atoms with van der Waals surface area (Å²) in [7, 11) is 0. The van der Waals surface area contributed by atoms with Gasteiger partial charge in [0.2, 0.25) is 5.91 Å². The van der Waals surface area contributed by atoms with Crippen LogP contribution in [0.4, 0.5) is 18.9 Å². The van der Waals surface area contributed by atoms with E-state index >= 15 is 0 Å². The van der Waals surface area contributed by atoms with Gasteiger partial charge in [0, 0.05) is 42.2 Å². The van der Waals surface area contributed by atoms with Gasteiger partial charge in [0.25, 0.3) is 5.69 Å². The van der Waals surface area contributed by atoms with E-state index < -0.39 is 33.9 Å². The summed E-state index contributed by atoms with van der Waals surface area (Å²) in [5, 5.41) is 21.1. The first-order valence-electron chi connectivity index (χ1n) is 8.99. The predicted octanol–water partition coefficient (Wildman–Crippen LogP) is 3.99. The number of nitrogens with two attached hydrogens (primary N) is 1. The van der Waals surface area contributed by atoms with Crippen molar-refractivity contribution in [3.8, 4) is 0 Å².